The van der Waals surface area contributed by atoms with Crippen LogP contribution in [0.1, 0.15) is 15.9 Å². The molecule has 0 radical (unpaired) electrons. The number of amides is 1. The van der Waals surface area contributed by atoms with Gasteiger partial charge in [-0.2, -0.15) is 0 Å². The van der Waals surface area contributed by atoms with E-state index >= 15 is 0 Å². The Morgan fingerprint density at radius 3 is 2.56 bits per heavy atom. The summed E-state index contributed by atoms with van der Waals surface area (Å²) >= 11 is 11.3. The van der Waals surface area contributed by atoms with Crippen molar-refractivity contribution in [3.05, 3.63) is 64.9 Å². The van der Waals surface area contributed by atoms with Gasteiger partial charge in [0, 0.05) is 55.7 Å². The minimum Gasteiger partial charge on any atom is -0.346 e. The van der Waals surface area contributed by atoms with Crippen molar-refractivity contribution >= 4 is 34.8 Å². The summed E-state index contributed by atoms with van der Waals surface area (Å²) in [6.07, 6.45) is 3.62. The Bertz CT molecular complexity index is 748. The Labute approximate surface area is 157 Å². The van der Waals surface area contributed by atoms with Crippen LogP contribution in [0.3, 0.4) is 0 Å². The first kappa shape index (κ1) is 17.8. The number of benzene rings is 1. The molecule has 5 nitrogen and oxygen atoms in total. The van der Waals surface area contributed by atoms with Gasteiger partial charge in [-0.1, -0.05) is 17.7 Å². The maximum absolute atomic E-state index is 12.3. The molecule has 1 aromatic carbocycles. The Balaban J connectivity index is 1.49. The van der Waals surface area contributed by atoms with Gasteiger partial charge in [-0.15, -0.1) is 0 Å². The molecule has 0 atom stereocenters. The van der Waals surface area contributed by atoms with Crippen molar-refractivity contribution in [2.45, 2.75) is 6.54 Å². The molecule has 2 aromatic rings. The molecular formula is C18H19ClN4OS. The molecule has 1 N–H and O–H groups in total. The van der Waals surface area contributed by atoms with Crippen LogP contribution >= 0.6 is 23.8 Å². The van der Waals surface area contributed by atoms with Crippen molar-refractivity contribution in [3.8, 4) is 0 Å². The lowest BCUT2D eigenvalue weighted by Gasteiger charge is -2.36. The van der Waals surface area contributed by atoms with Crippen LogP contribution in [-0.2, 0) is 6.54 Å². The number of hydrogen-bond acceptors (Lipinski definition) is 4. The van der Waals surface area contributed by atoms with Crippen LogP contribution in [0.4, 0.5) is 0 Å². The fourth-order valence-electron chi connectivity index (χ4n) is 2.73. The average molecular weight is 375 g/mol. The van der Waals surface area contributed by atoms with Gasteiger partial charge in [-0.3, -0.25) is 20.0 Å². The van der Waals surface area contributed by atoms with Crippen molar-refractivity contribution in [2.24, 2.45) is 0 Å². The number of carbonyl (C=O) groups is 1. The van der Waals surface area contributed by atoms with Crippen LogP contribution in [0.2, 0.25) is 5.02 Å². The molecule has 0 spiro atoms. The normalized spacial score (nSPS) is 15.0. The summed E-state index contributed by atoms with van der Waals surface area (Å²) in [5, 5.41) is 3.79. The quantitative estimate of drug-likeness (QED) is 0.837. The predicted octanol–water partition coefficient (Wildman–Crippen LogP) is 2.57. The van der Waals surface area contributed by atoms with Gasteiger partial charge in [-0.25, -0.2) is 0 Å². The third kappa shape index (κ3) is 4.98. The SMILES string of the molecule is O=C(NC(=S)N1CCN(Cc2ccncc2)CC1)c1cccc(Cl)c1. The third-order valence-corrected chi connectivity index (χ3v) is 4.72. The number of halogens is 1. The summed E-state index contributed by atoms with van der Waals surface area (Å²) < 4.78 is 0. The van der Waals surface area contributed by atoms with Gasteiger partial charge in [-0.05, 0) is 48.1 Å². The lowest BCUT2D eigenvalue weighted by molar-refractivity contribution is 0.0969. The fourth-order valence-corrected chi connectivity index (χ4v) is 3.20. The highest BCUT2D eigenvalue weighted by molar-refractivity contribution is 7.80. The Morgan fingerprint density at radius 2 is 1.88 bits per heavy atom. The monoisotopic (exact) mass is 374 g/mol. The van der Waals surface area contributed by atoms with Crippen LogP contribution in [0.15, 0.2) is 48.8 Å². The zero-order valence-corrected chi connectivity index (χ0v) is 15.3. The van der Waals surface area contributed by atoms with E-state index in [9.17, 15) is 4.79 Å². The van der Waals surface area contributed by atoms with Crippen molar-refractivity contribution < 1.29 is 4.79 Å². The first-order valence-electron chi connectivity index (χ1n) is 8.09. The standard InChI is InChI=1S/C18H19ClN4OS/c19-16-3-1-2-15(12-16)17(24)21-18(25)23-10-8-22(9-11-23)13-14-4-6-20-7-5-14/h1-7,12H,8-11,13H2,(H,21,24,25). The van der Waals surface area contributed by atoms with Crippen molar-refractivity contribution in [3.63, 3.8) is 0 Å². The third-order valence-electron chi connectivity index (χ3n) is 4.12. The number of piperazine rings is 1. The molecule has 1 fully saturated rings. The van der Waals surface area contributed by atoms with Crippen LogP contribution in [0.5, 0.6) is 0 Å². The second-order valence-electron chi connectivity index (χ2n) is 5.89. The molecule has 1 aliphatic heterocycles. The topological polar surface area (TPSA) is 48.5 Å². The highest BCUT2D eigenvalue weighted by Gasteiger charge is 2.20. The van der Waals surface area contributed by atoms with E-state index in [-0.39, 0.29) is 5.91 Å². The molecule has 3 rings (SSSR count). The van der Waals surface area contributed by atoms with Gasteiger partial charge in [0.1, 0.15) is 0 Å². The number of hydrogen-bond donors (Lipinski definition) is 1. The molecular weight excluding hydrogens is 356 g/mol. The average Bonchev–Trinajstić information content (AvgIpc) is 2.63. The highest BCUT2D eigenvalue weighted by atomic mass is 35.5. The van der Waals surface area contributed by atoms with Crippen molar-refractivity contribution in [1.82, 2.24) is 20.1 Å². The lowest BCUT2D eigenvalue weighted by atomic mass is 10.2. The summed E-state index contributed by atoms with van der Waals surface area (Å²) in [4.78, 5) is 20.7. The molecule has 0 unspecified atom stereocenters. The number of rotatable bonds is 3. The first-order chi connectivity index (χ1) is 12.1. The molecule has 1 saturated heterocycles. The number of carbonyl (C=O) groups excluding carboxylic acids is 1. The number of pyridine rings is 1. The molecule has 0 bridgehead atoms. The van der Waals surface area contributed by atoms with E-state index in [2.05, 4.69) is 15.2 Å². The number of nitrogens with one attached hydrogen (secondary N) is 1. The predicted molar refractivity (Wildman–Crippen MR) is 103 cm³/mol. The van der Waals surface area contributed by atoms with Gasteiger partial charge in [0.05, 0.1) is 0 Å². The van der Waals surface area contributed by atoms with Crippen LogP contribution in [-0.4, -0.2) is 52.0 Å². The largest absolute Gasteiger partial charge is 0.346 e. The van der Waals surface area contributed by atoms with E-state index in [1.54, 1.807) is 24.3 Å². The molecule has 130 valence electrons. The fraction of sp³-hybridized carbons (Fsp3) is 0.278. The van der Waals surface area contributed by atoms with Gasteiger partial charge < -0.3 is 4.90 Å². The minimum atomic E-state index is -0.230. The zero-order valence-electron chi connectivity index (χ0n) is 13.7. The Morgan fingerprint density at radius 1 is 1.16 bits per heavy atom. The van der Waals surface area contributed by atoms with Crippen LogP contribution < -0.4 is 5.32 Å². The maximum Gasteiger partial charge on any atom is 0.257 e. The van der Waals surface area contributed by atoms with E-state index < -0.39 is 0 Å². The molecule has 2 heterocycles. The lowest BCUT2D eigenvalue weighted by Crippen LogP contribution is -2.52. The zero-order chi connectivity index (χ0) is 17.6. The summed E-state index contributed by atoms with van der Waals surface area (Å²) in [5.41, 5.74) is 1.76. The Hall–Kier alpha value is -2.02. The van der Waals surface area contributed by atoms with Crippen LogP contribution in [0, 0.1) is 0 Å². The highest BCUT2D eigenvalue weighted by Crippen LogP contribution is 2.11. The maximum atomic E-state index is 12.3. The molecule has 7 heteroatoms. The van der Waals surface area contributed by atoms with E-state index in [4.69, 9.17) is 23.8 Å². The van der Waals surface area contributed by atoms with E-state index in [1.165, 1.54) is 5.56 Å². The van der Waals surface area contributed by atoms with E-state index in [0.29, 0.717) is 15.7 Å². The molecule has 1 amide bonds. The first-order valence-corrected chi connectivity index (χ1v) is 8.87. The number of aromatic nitrogens is 1. The molecule has 0 saturated carbocycles. The van der Waals surface area contributed by atoms with Gasteiger partial charge in [0.15, 0.2) is 5.11 Å². The van der Waals surface area contributed by atoms with Crippen LogP contribution in [0.25, 0.3) is 0 Å². The summed E-state index contributed by atoms with van der Waals surface area (Å²) in [7, 11) is 0. The molecule has 25 heavy (non-hydrogen) atoms. The second kappa shape index (κ2) is 8.38. The van der Waals surface area contributed by atoms with Gasteiger partial charge in [0.2, 0.25) is 0 Å². The number of nitrogens with zero attached hydrogens (tertiary/aromatic N) is 3. The van der Waals surface area contributed by atoms with E-state index in [0.717, 1.165) is 32.7 Å². The summed E-state index contributed by atoms with van der Waals surface area (Å²) in [6.45, 7) is 4.28. The van der Waals surface area contributed by atoms with E-state index in [1.807, 2.05) is 29.4 Å². The second-order valence-corrected chi connectivity index (χ2v) is 6.71. The van der Waals surface area contributed by atoms with Gasteiger partial charge in [0.25, 0.3) is 5.91 Å². The smallest absolute Gasteiger partial charge is 0.257 e. The summed E-state index contributed by atoms with van der Waals surface area (Å²) in [6, 6.07) is 10.9. The Kier molecular flexibility index (Phi) is 5.96. The molecule has 1 aromatic heterocycles. The molecule has 1 aliphatic rings. The molecule has 0 aliphatic carbocycles. The summed E-state index contributed by atoms with van der Waals surface area (Å²) in [5.74, 6) is -0.230. The van der Waals surface area contributed by atoms with Gasteiger partial charge >= 0.3 is 0 Å². The van der Waals surface area contributed by atoms with Crippen molar-refractivity contribution in [2.75, 3.05) is 26.2 Å². The number of thiocarbonyl (C=S) groups is 1. The van der Waals surface area contributed by atoms with Crippen molar-refractivity contribution in [1.29, 1.82) is 0 Å². The minimum absolute atomic E-state index is 0.230.